The third-order valence-electron chi connectivity index (χ3n) is 2.90. The van der Waals surface area contributed by atoms with Crippen LogP contribution in [0.1, 0.15) is 23.3 Å². The molecule has 1 aliphatic rings. The van der Waals surface area contributed by atoms with Crippen LogP contribution in [0.4, 0.5) is 4.39 Å². The van der Waals surface area contributed by atoms with Crippen molar-refractivity contribution in [1.29, 1.82) is 0 Å². The maximum atomic E-state index is 12.8. The molecule has 2 aromatic rings. The van der Waals surface area contributed by atoms with Crippen molar-refractivity contribution in [3.8, 4) is 0 Å². The summed E-state index contributed by atoms with van der Waals surface area (Å²) in [6, 6.07) is 14.0. The molecule has 0 bridgehead atoms. The van der Waals surface area contributed by atoms with Crippen molar-refractivity contribution in [3.05, 3.63) is 70.5 Å². The minimum Gasteiger partial charge on any atom is -0.359 e. The normalized spacial score (nSPS) is 22.5. The highest BCUT2D eigenvalue weighted by atomic mass is 35.5. The maximum Gasteiger partial charge on any atom is 0.123 e. The molecule has 3 rings (SSSR count). The van der Waals surface area contributed by atoms with Gasteiger partial charge in [0.1, 0.15) is 18.0 Å². The van der Waals surface area contributed by atoms with Gasteiger partial charge in [-0.3, -0.25) is 0 Å². The van der Waals surface area contributed by atoms with E-state index >= 15 is 0 Å². The van der Waals surface area contributed by atoms with Gasteiger partial charge in [0.05, 0.1) is 0 Å². The minimum absolute atomic E-state index is 0.00417. The highest BCUT2D eigenvalue weighted by Crippen LogP contribution is 2.52. The lowest BCUT2D eigenvalue weighted by atomic mass is 10.0. The lowest BCUT2D eigenvalue weighted by molar-refractivity contribution is 0.377. The van der Waals surface area contributed by atoms with E-state index in [-0.39, 0.29) is 18.0 Å². The Morgan fingerprint density at radius 1 is 0.941 bits per heavy atom. The van der Waals surface area contributed by atoms with Crippen molar-refractivity contribution in [1.82, 2.24) is 0 Å². The molecule has 2 aromatic carbocycles. The van der Waals surface area contributed by atoms with Gasteiger partial charge in [-0.05, 0) is 23.8 Å². The molecule has 0 unspecified atom stereocenters. The van der Waals surface area contributed by atoms with Gasteiger partial charge in [-0.1, -0.05) is 41.9 Å². The molecule has 3 heteroatoms. The van der Waals surface area contributed by atoms with Gasteiger partial charge in [0.2, 0.25) is 0 Å². The van der Waals surface area contributed by atoms with Crippen molar-refractivity contribution < 1.29 is 9.13 Å². The van der Waals surface area contributed by atoms with E-state index < -0.39 is 0 Å². The Morgan fingerprint density at radius 3 is 2.35 bits per heavy atom. The number of hydrogen-bond donors (Lipinski definition) is 0. The highest BCUT2D eigenvalue weighted by molar-refractivity contribution is 6.31. The van der Waals surface area contributed by atoms with E-state index in [1.807, 2.05) is 24.3 Å². The summed E-state index contributed by atoms with van der Waals surface area (Å²) in [5.41, 5.74) is 1.97. The van der Waals surface area contributed by atoms with Crippen LogP contribution in [0.3, 0.4) is 0 Å². The zero-order valence-corrected chi connectivity index (χ0v) is 9.69. The number of rotatable bonds is 2. The van der Waals surface area contributed by atoms with Crippen LogP contribution in [0.25, 0.3) is 0 Å². The van der Waals surface area contributed by atoms with E-state index in [0.29, 0.717) is 5.02 Å². The van der Waals surface area contributed by atoms with Crippen LogP contribution in [0.5, 0.6) is 0 Å². The number of epoxide rings is 1. The Balaban J connectivity index is 1.83. The Bertz CT molecular complexity index is 538. The first-order valence-electron chi connectivity index (χ1n) is 5.41. The van der Waals surface area contributed by atoms with Crippen molar-refractivity contribution in [2.24, 2.45) is 0 Å². The van der Waals surface area contributed by atoms with Crippen molar-refractivity contribution in [2.45, 2.75) is 12.2 Å². The average molecular weight is 249 g/mol. The van der Waals surface area contributed by atoms with Crippen molar-refractivity contribution in [2.75, 3.05) is 0 Å². The minimum atomic E-state index is -0.233. The molecule has 1 fully saturated rings. The Hall–Kier alpha value is -1.38. The second-order valence-electron chi connectivity index (χ2n) is 4.05. The van der Waals surface area contributed by atoms with Crippen LogP contribution >= 0.6 is 11.6 Å². The van der Waals surface area contributed by atoms with Gasteiger partial charge in [0.25, 0.3) is 0 Å². The zero-order valence-electron chi connectivity index (χ0n) is 8.94. The molecule has 0 radical (unpaired) electrons. The molecule has 0 spiro atoms. The summed E-state index contributed by atoms with van der Waals surface area (Å²) in [5.74, 6) is -0.233. The largest absolute Gasteiger partial charge is 0.359 e. The summed E-state index contributed by atoms with van der Waals surface area (Å²) in [6.07, 6.45) is -0.00957. The van der Waals surface area contributed by atoms with Gasteiger partial charge >= 0.3 is 0 Å². The van der Waals surface area contributed by atoms with Crippen LogP contribution in [-0.2, 0) is 4.74 Å². The molecule has 0 saturated carbocycles. The molecule has 1 heterocycles. The maximum absolute atomic E-state index is 12.8. The fourth-order valence-electron chi connectivity index (χ4n) is 1.96. The fraction of sp³-hybridized carbons (Fsp3) is 0.143. The first-order chi connectivity index (χ1) is 8.25. The van der Waals surface area contributed by atoms with Gasteiger partial charge in [-0.2, -0.15) is 0 Å². The first kappa shape index (κ1) is 10.8. The van der Waals surface area contributed by atoms with Gasteiger partial charge in [-0.25, -0.2) is 4.39 Å². The monoisotopic (exact) mass is 248 g/mol. The van der Waals surface area contributed by atoms with Crippen molar-refractivity contribution in [3.63, 3.8) is 0 Å². The van der Waals surface area contributed by atoms with E-state index in [9.17, 15) is 4.39 Å². The van der Waals surface area contributed by atoms with Gasteiger partial charge < -0.3 is 4.74 Å². The van der Waals surface area contributed by atoms with Crippen LogP contribution in [0.15, 0.2) is 48.5 Å². The zero-order chi connectivity index (χ0) is 11.8. The Morgan fingerprint density at radius 2 is 1.65 bits per heavy atom. The molecular weight excluding hydrogens is 239 g/mol. The lowest BCUT2D eigenvalue weighted by Gasteiger charge is -1.99. The molecule has 2 atom stereocenters. The number of benzene rings is 2. The van der Waals surface area contributed by atoms with E-state index in [4.69, 9.17) is 16.3 Å². The van der Waals surface area contributed by atoms with Crippen LogP contribution < -0.4 is 0 Å². The van der Waals surface area contributed by atoms with Gasteiger partial charge in [0.15, 0.2) is 0 Å². The highest BCUT2D eigenvalue weighted by Gasteiger charge is 2.42. The van der Waals surface area contributed by atoms with Crippen LogP contribution in [0.2, 0.25) is 5.02 Å². The topological polar surface area (TPSA) is 12.5 Å². The molecule has 1 saturated heterocycles. The van der Waals surface area contributed by atoms with E-state index in [1.54, 1.807) is 12.1 Å². The molecule has 1 aliphatic heterocycles. The summed E-state index contributed by atoms with van der Waals surface area (Å²) in [4.78, 5) is 0. The second-order valence-corrected chi connectivity index (χ2v) is 4.46. The SMILES string of the molecule is Fc1ccc([C@H]2O[C@H]2c2ccccc2Cl)cc1. The molecule has 0 N–H and O–H groups in total. The van der Waals surface area contributed by atoms with E-state index in [1.165, 1.54) is 12.1 Å². The molecule has 0 amide bonds. The molecule has 17 heavy (non-hydrogen) atoms. The summed E-state index contributed by atoms with van der Waals surface area (Å²) < 4.78 is 18.4. The predicted octanol–water partition coefficient (Wildman–Crippen LogP) is 4.29. The summed E-state index contributed by atoms with van der Waals surface area (Å²) in [7, 11) is 0. The smallest absolute Gasteiger partial charge is 0.123 e. The fourth-order valence-corrected chi connectivity index (χ4v) is 2.20. The van der Waals surface area contributed by atoms with Gasteiger partial charge in [-0.15, -0.1) is 0 Å². The lowest BCUT2D eigenvalue weighted by Crippen LogP contribution is -1.86. The van der Waals surface area contributed by atoms with Gasteiger partial charge in [0, 0.05) is 10.6 Å². The third kappa shape index (κ3) is 2.06. The standard InChI is InChI=1S/C14H10ClFO/c15-12-4-2-1-3-11(12)14-13(17-14)9-5-7-10(16)8-6-9/h1-8,13-14H/t13-,14+/m1/s1. The molecule has 0 aromatic heterocycles. The van der Waals surface area contributed by atoms with Crippen LogP contribution in [0, 0.1) is 5.82 Å². The molecule has 86 valence electrons. The first-order valence-corrected chi connectivity index (χ1v) is 5.79. The quantitative estimate of drug-likeness (QED) is 0.722. The predicted molar refractivity (Wildman–Crippen MR) is 64.4 cm³/mol. The number of ether oxygens (including phenoxy) is 1. The number of halogens is 2. The Labute approximate surface area is 104 Å². The summed E-state index contributed by atoms with van der Waals surface area (Å²) >= 11 is 6.10. The van der Waals surface area contributed by atoms with Crippen LogP contribution in [-0.4, -0.2) is 0 Å². The molecule has 0 aliphatic carbocycles. The summed E-state index contributed by atoms with van der Waals surface area (Å²) in [5, 5.41) is 0.710. The average Bonchev–Trinajstić information content (AvgIpc) is 3.11. The van der Waals surface area contributed by atoms with Crippen molar-refractivity contribution >= 4 is 11.6 Å². The number of hydrogen-bond acceptors (Lipinski definition) is 1. The molecular formula is C14H10ClFO. The second kappa shape index (κ2) is 4.13. The van der Waals surface area contributed by atoms with E-state index in [2.05, 4.69) is 0 Å². The Kier molecular flexibility index (Phi) is 2.61. The van der Waals surface area contributed by atoms with E-state index in [0.717, 1.165) is 11.1 Å². The summed E-state index contributed by atoms with van der Waals surface area (Å²) in [6.45, 7) is 0. The third-order valence-corrected chi connectivity index (χ3v) is 3.25. The molecule has 1 nitrogen and oxygen atoms in total.